The summed E-state index contributed by atoms with van der Waals surface area (Å²) in [4.78, 5) is 23.1. The molecule has 0 aliphatic carbocycles. The molecule has 0 aromatic heterocycles. The van der Waals surface area contributed by atoms with E-state index in [0.29, 0.717) is 0 Å². The molecule has 88 valence electrons. The van der Waals surface area contributed by atoms with E-state index in [1.807, 2.05) is 13.8 Å². The van der Waals surface area contributed by atoms with Gasteiger partial charge < -0.3 is 10.1 Å². The molecule has 4 nitrogen and oxygen atoms in total. The van der Waals surface area contributed by atoms with Gasteiger partial charge in [0.2, 0.25) is 0 Å². The summed E-state index contributed by atoms with van der Waals surface area (Å²) in [7, 11) is 1.66. The van der Waals surface area contributed by atoms with E-state index in [2.05, 4.69) is 5.32 Å². The zero-order chi connectivity index (χ0) is 12.2. The molecule has 0 fully saturated rings. The quantitative estimate of drug-likeness (QED) is 0.564. The van der Waals surface area contributed by atoms with Crippen LogP contribution in [0.4, 0.5) is 0 Å². The smallest absolute Gasteiger partial charge is 0.376 e. The molecule has 0 heterocycles. The molecule has 0 saturated heterocycles. The topological polar surface area (TPSA) is 55.4 Å². The maximum atomic E-state index is 11.7. The van der Waals surface area contributed by atoms with Crippen molar-refractivity contribution in [2.24, 2.45) is 5.92 Å². The average Bonchev–Trinajstić information content (AvgIpc) is 2.01. The highest BCUT2D eigenvalue weighted by Gasteiger charge is 2.30. The SMILES string of the molecule is CN[C@H](C(=O)C(=O)OC(C)(C)C)C(C)C. The molecule has 0 aliphatic rings. The van der Waals surface area contributed by atoms with Crippen molar-refractivity contribution >= 4 is 11.8 Å². The Kier molecular flexibility index (Phi) is 4.94. The van der Waals surface area contributed by atoms with Gasteiger partial charge in [0.05, 0.1) is 6.04 Å². The first kappa shape index (κ1) is 14.1. The highest BCUT2D eigenvalue weighted by Crippen LogP contribution is 2.10. The van der Waals surface area contributed by atoms with Crippen LogP contribution in [0, 0.1) is 5.92 Å². The van der Waals surface area contributed by atoms with Crippen LogP contribution in [-0.2, 0) is 14.3 Å². The Morgan fingerprint density at radius 3 is 1.93 bits per heavy atom. The first-order valence-corrected chi connectivity index (χ1v) is 5.13. The Labute approximate surface area is 91.4 Å². The van der Waals surface area contributed by atoms with Crippen molar-refractivity contribution < 1.29 is 14.3 Å². The van der Waals surface area contributed by atoms with Gasteiger partial charge >= 0.3 is 5.97 Å². The molecule has 1 atom stereocenters. The maximum Gasteiger partial charge on any atom is 0.376 e. The number of esters is 1. The Balaban J connectivity index is 4.50. The zero-order valence-electron chi connectivity index (χ0n) is 10.4. The Morgan fingerprint density at radius 2 is 1.67 bits per heavy atom. The van der Waals surface area contributed by atoms with Crippen molar-refractivity contribution in [1.82, 2.24) is 5.32 Å². The van der Waals surface area contributed by atoms with E-state index in [9.17, 15) is 9.59 Å². The van der Waals surface area contributed by atoms with Crippen LogP contribution < -0.4 is 5.32 Å². The first-order valence-electron chi connectivity index (χ1n) is 5.13. The molecule has 4 heteroatoms. The summed E-state index contributed by atoms with van der Waals surface area (Å²) in [6, 6.07) is -0.472. The molecular weight excluding hydrogens is 194 g/mol. The van der Waals surface area contributed by atoms with Crippen LogP contribution in [0.15, 0.2) is 0 Å². The molecule has 0 spiro atoms. The lowest BCUT2D eigenvalue weighted by Gasteiger charge is -2.22. The summed E-state index contributed by atoms with van der Waals surface area (Å²) >= 11 is 0. The third-order valence-corrected chi connectivity index (χ3v) is 1.86. The lowest BCUT2D eigenvalue weighted by molar-refractivity contribution is -0.163. The van der Waals surface area contributed by atoms with Gasteiger partial charge in [0.25, 0.3) is 5.78 Å². The summed E-state index contributed by atoms with van der Waals surface area (Å²) in [5, 5.41) is 2.82. The third-order valence-electron chi connectivity index (χ3n) is 1.86. The normalized spacial score (nSPS) is 13.8. The fourth-order valence-corrected chi connectivity index (χ4v) is 1.22. The van der Waals surface area contributed by atoms with Gasteiger partial charge in [-0.1, -0.05) is 13.8 Å². The molecule has 15 heavy (non-hydrogen) atoms. The summed E-state index contributed by atoms with van der Waals surface area (Å²) in [6.07, 6.45) is 0. The number of ether oxygens (including phenoxy) is 1. The highest BCUT2D eigenvalue weighted by atomic mass is 16.6. The van der Waals surface area contributed by atoms with Crippen LogP contribution in [0.2, 0.25) is 0 Å². The number of carbonyl (C=O) groups is 2. The largest absolute Gasteiger partial charge is 0.454 e. The fourth-order valence-electron chi connectivity index (χ4n) is 1.22. The van der Waals surface area contributed by atoms with Crippen molar-refractivity contribution in [2.45, 2.75) is 46.3 Å². The van der Waals surface area contributed by atoms with Gasteiger partial charge in [-0.2, -0.15) is 0 Å². The van der Waals surface area contributed by atoms with Crippen LogP contribution >= 0.6 is 0 Å². The van der Waals surface area contributed by atoms with Crippen LogP contribution in [0.1, 0.15) is 34.6 Å². The van der Waals surface area contributed by atoms with Crippen LogP contribution in [0.5, 0.6) is 0 Å². The summed E-state index contributed by atoms with van der Waals surface area (Å²) in [5.74, 6) is -1.21. The van der Waals surface area contributed by atoms with Gasteiger partial charge in [-0.3, -0.25) is 4.79 Å². The molecule has 0 amide bonds. The lowest BCUT2D eigenvalue weighted by Crippen LogP contribution is -2.44. The molecule has 0 bridgehead atoms. The zero-order valence-corrected chi connectivity index (χ0v) is 10.4. The number of carbonyl (C=O) groups excluding carboxylic acids is 2. The molecule has 0 unspecified atom stereocenters. The van der Waals surface area contributed by atoms with E-state index in [0.717, 1.165) is 0 Å². The van der Waals surface area contributed by atoms with E-state index in [4.69, 9.17) is 4.74 Å². The molecule has 0 rings (SSSR count). The van der Waals surface area contributed by atoms with Crippen molar-refractivity contribution in [1.29, 1.82) is 0 Å². The number of rotatable bonds is 4. The highest BCUT2D eigenvalue weighted by molar-refractivity contribution is 6.35. The van der Waals surface area contributed by atoms with Crippen molar-refractivity contribution in [3.63, 3.8) is 0 Å². The minimum Gasteiger partial charge on any atom is -0.454 e. The lowest BCUT2D eigenvalue weighted by atomic mass is 10.00. The number of hydrogen-bond donors (Lipinski definition) is 1. The molecular formula is C11H21NO3. The van der Waals surface area contributed by atoms with E-state index >= 15 is 0 Å². The Morgan fingerprint density at radius 1 is 1.20 bits per heavy atom. The second-order valence-electron chi connectivity index (χ2n) is 4.88. The van der Waals surface area contributed by atoms with Crippen LogP contribution in [0.25, 0.3) is 0 Å². The minimum absolute atomic E-state index is 0.0648. The van der Waals surface area contributed by atoms with Crippen molar-refractivity contribution in [3.8, 4) is 0 Å². The predicted molar refractivity (Wildman–Crippen MR) is 58.5 cm³/mol. The molecule has 0 saturated carbocycles. The number of Topliss-reactive ketones (excluding diaryl/α,β-unsaturated/α-hetero) is 1. The van der Waals surface area contributed by atoms with E-state index in [1.165, 1.54) is 0 Å². The second-order valence-corrected chi connectivity index (χ2v) is 4.88. The van der Waals surface area contributed by atoms with Crippen LogP contribution in [0.3, 0.4) is 0 Å². The maximum absolute atomic E-state index is 11.7. The first-order chi connectivity index (χ1) is 6.69. The monoisotopic (exact) mass is 215 g/mol. The summed E-state index contributed by atoms with van der Waals surface area (Å²) in [6.45, 7) is 8.97. The molecule has 0 radical (unpaired) electrons. The third kappa shape index (κ3) is 4.93. The predicted octanol–water partition coefficient (Wildman–Crippen LogP) is 1.14. The Hall–Kier alpha value is -0.900. The van der Waals surface area contributed by atoms with Crippen molar-refractivity contribution in [3.05, 3.63) is 0 Å². The van der Waals surface area contributed by atoms with E-state index in [1.54, 1.807) is 27.8 Å². The molecule has 0 aliphatic heterocycles. The standard InChI is InChI=1S/C11H21NO3/c1-7(2)8(12-6)9(13)10(14)15-11(3,4)5/h7-8,12H,1-6H3/t8-/m0/s1. The fraction of sp³-hybridized carbons (Fsp3) is 0.818. The molecule has 1 N–H and O–H groups in total. The summed E-state index contributed by atoms with van der Waals surface area (Å²) < 4.78 is 5.00. The average molecular weight is 215 g/mol. The van der Waals surface area contributed by atoms with E-state index in [-0.39, 0.29) is 5.92 Å². The molecule has 0 aromatic rings. The van der Waals surface area contributed by atoms with Gasteiger partial charge in [-0.05, 0) is 33.7 Å². The number of likely N-dealkylation sites (N-methyl/N-ethyl adjacent to an activating group) is 1. The van der Waals surface area contributed by atoms with Gasteiger partial charge in [0, 0.05) is 0 Å². The second kappa shape index (κ2) is 5.26. The Bertz CT molecular complexity index is 241. The van der Waals surface area contributed by atoms with Gasteiger partial charge in [0.1, 0.15) is 5.60 Å². The van der Waals surface area contributed by atoms with Gasteiger partial charge in [0.15, 0.2) is 0 Å². The minimum atomic E-state index is -0.768. The van der Waals surface area contributed by atoms with Gasteiger partial charge in [-0.25, -0.2) is 4.79 Å². The van der Waals surface area contributed by atoms with Crippen molar-refractivity contribution in [2.75, 3.05) is 7.05 Å². The number of hydrogen-bond acceptors (Lipinski definition) is 4. The van der Waals surface area contributed by atoms with E-state index < -0.39 is 23.4 Å². The molecule has 0 aromatic carbocycles. The van der Waals surface area contributed by atoms with Gasteiger partial charge in [-0.15, -0.1) is 0 Å². The number of ketones is 1. The number of nitrogens with one attached hydrogen (secondary N) is 1. The van der Waals surface area contributed by atoms with Crippen LogP contribution in [-0.4, -0.2) is 30.4 Å². The summed E-state index contributed by atoms with van der Waals surface area (Å²) in [5.41, 5.74) is -0.623.